The SMILES string of the molecule is C1=C2c3ccc(-c4ccccc4)cc3C3=[N+]2[B-]2(Oc4cc5ccccc5cc43)Oc3cc4ccccc4cc3-c3c4cc(-c5ccccc5)ccc4c1n32. The van der Waals surface area contributed by atoms with Crippen LogP contribution < -0.4 is 9.31 Å². The highest BCUT2D eigenvalue weighted by molar-refractivity contribution is 6.65. The van der Waals surface area contributed by atoms with Crippen LogP contribution in [0.2, 0.25) is 0 Å². The predicted octanol–water partition coefficient (Wildman–Crippen LogP) is 11.4. The number of hydrogen-bond acceptors (Lipinski definition) is 2. The van der Waals surface area contributed by atoms with Gasteiger partial charge < -0.3 is 18.3 Å². The van der Waals surface area contributed by atoms with Gasteiger partial charge in [-0.05, 0) is 86.3 Å². The Morgan fingerprint density at radius 3 is 1.65 bits per heavy atom. The van der Waals surface area contributed by atoms with Crippen LogP contribution in [0.1, 0.15) is 22.4 Å². The fourth-order valence-corrected chi connectivity index (χ4v) is 9.64. The molecule has 13 rings (SSSR count). The molecule has 0 aliphatic carbocycles. The Morgan fingerprint density at radius 1 is 0.426 bits per heavy atom. The van der Waals surface area contributed by atoms with Crippen LogP contribution in [0.4, 0.5) is 0 Å². The molecule has 4 aliphatic rings. The minimum absolute atomic E-state index is 0.822. The van der Waals surface area contributed by atoms with Gasteiger partial charge in [-0.15, -0.1) is 0 Å². The Kier molecular flexibility index (Phi) is 5.30. The number of benzene rings is 8. The lowest BCUT2D eigenvalue weighted by atomic mass is 9.77. The summed E-state index contributed by atoms with van der Waals surface area (Å²) in [6.45, 7) is -2.38. The third-order valence-electron chi connectivity index (χ3n) is 12.0. The molecule has 4 aliphatic heterocycles. The van der Waals surface area contributed by atoms with Gasteiger partial charge in [-0.2, -0.15) is 0 Å². The van der Waals surface area contributed by atoms with Crippen molar-refractivity contribution in [3.8, 4) is 45.0 Å². The summed E-state index contributed by atoms with van der Waals surface area (Å²) in [7, 11) is 0. The van der Waals surface area contributed by atoms with Crippen LogP contribution >= 0.6 is 0 Å². The van der Waals surface area contributed by atoms with E-state index in [0.717, 1.165) is 56.2 Å². The van der Waals surface area contributed by atoms with Crippen LogP contribution in [0.25, 0.3) is 77.6 Å². The average Bonchev–Trinajstić information content (AvgIpc) is 3.74. The van der Waals surface area contributed by atoms with Gasteiger partial charge in [0, 0.05) is 33.8 Å². The van der Waals surface area contributed by atoms with E-state index < -0.39 is 6.82 Å². The summed E-state index contributed by atoms with van der Waals surface area (Å²) >= 11 is 0. The smallest absolute Gasteiger partial charge is 0.601 e. The summed E-state index contributed by atoms with van der Waals surface area (Å²) in [6, 6.07) is 61.2. The molecule has 0 saturated heterocycles. The minimum atomic E-state index is -2.38. The van der Waals surface area contributed by atoms with Crippen molar-refractivity contribution in [3.63, 3.8) is 0 Å². The topological polar surface area (TPSA) is 26.4 Å². The number of hydrogen-bond donors (Lipinski definition) is 0. The average molecular weight is 689 g/mol. The fourth-order valence-electron chi connectivity index (χ4n) is 9.64. The van der Waals surface area contributed by atoms with Crippen LogP contribution in [-0.2, 0) is 0 Å². The van der Waals surface area contributed by atoms with Gasteiger partial charge in [0.15, 0.2) is 11.4 Å². The molecule has 5 heterocycles. The Hall–Kier alpha value is -7.11. The van der Waals surface area contributed by atoms with Crippen LogP contribution in [0.3, 0.4) is 0 Å². The van der Waals surface area contributed by atoms with Gasteiger partial charge in [0.05, 0.1) is 28.2 Å². The Labute approximate surface area is 311 Å². The molecule has 0 amide bonds. The zero-order valence-corrected chi connectivity index (χ0v) is 29.0. The second-order valence-electron chi connectivity index (χ2n) is 14.9. The van der Waals surface area contributed by atoms with Crippen molar-refractivity contribution < 1.29 is 13.8 Å². The van der Waals surface area contributed by atoms with Crippen molar-refractivity contribution in [2.24, 2.45) is 0 Å². The summed E-state index contributed by atoms with van der Waals surface area (Å²) in [5.41, 5.74) is 13.6. The number of nitrogens with zero attached hydrogens (tertiary/aromatic N) is 2. The lowest BCUT2D eigenvalue weighted by molar-refractivity contribution is -0.330. The molecule has 0 fully saturated rings. The summed E-state index contributed by atoms with van der Waals surface area (Å²) in [5, 5.41) is 6.97. The maximum atomic E-state index is 7.55. The molecule has 5 heteroatoms. The summed E-state index contributed by atoms with van der Waals surface area (Å²) in [4.78, 5) is 0. The van der Waals surface area contributed by atoms with Gasteiger partial charge in [0.1, 0.15) is 0 Å². The number of fused-ring (bicyclic) bond motifs is 12. The first-order valence-corrected chi connectivity index (χ1v) is 18.6. The molecule has 250 valence electrons. The van der Waals surface area contributed by atoms with Crippen molar-refractivity contribution in [1.82, 2.24) is 4.48 Å². The fraction of sp³-hybridized carbons (Fsp3) is 0. The van der Waals surface area contributed by atoms with E-state index in [4.69, 9.17) is 9.31 Å². The summed E-state index contributed by atoms with van der Waals surface area (Å²) in [5.74, 6) is 1.64. The highest BCUT2D eigenvalue weighted by atomic mass is 16.6. The second kappa shape index (κ2) is 10.1. The van der Waals surface area contributed by atoms with E-state index in [0.29, 0.717) is 0 Å². The molecule has 1 atom stereocenters. The quantitative estimate of drug-likeness (QED) is 0.169. The van der Waals surface area contributed by atoms with Crippen LogP contribution in [-0.4, -0.2) is 21.5 Å². The molecule has 0 saturated carbocycles. The minimum Gasteiger partial charge on any atom is -0.601 e. The van der Waals surface area contributed by atoms with E-state index >= 15 is 0 Å². The zero-order chi connectivity index (χ0) is 35.1. The molecule has 54 heavy (non-hydrogen) atoms. The molecular weight excluding hydrogens is 659 g/mol. The maximum Gasteiger partial charge on any atom is 0.780 e. The molecule has 8 aromatic carbocycles. The highest BCUT2D eigenvalue weighted by Gasteiger charge is 2.64. The molecule has 1 aromatic heterocycles. The first-order valence-electron chi connectivity index (χ1n) is 18.6. The second-order valence-corrected chi connectivity index (χ2v) is 14.9. The monoisotopic (exact) mass is 688 g/mol. The van der Waals surface area contributed by atoms with Crippen molar-refractivity contribution >= 4 is 56.6 Å². The first kappa shape index (κ1) is 28.5. The molecular formula is C49H29BN2O2. The third kappa shape index (κ3) is 3.61. The van der Waals surface area contributed by atoms with Gasteiger partial charge in [0.25, 0.3) is 0 Å². The number of aromatic nitrogens is 1. The van der Waals surface area contributed by atoms with Crippen LogP contribution in [0.15, 0.2) is 170 Å². The molecule has 0 radical (unpaired) electrons. The highest BCUT2D eigenvalue weighted by Crippen LogP contribution is 2.54. The van der Waals surface area contributed by atoms with Crippen molar-refractivity contribution in [1.29, 1.82) is 0 Å². The van der Waals surface area contributed by atoms with E-state index in [2.05, 4.69) is 185 Å². The molecule has 0 N–H and O–H groups in total. The maximum absolute atomic E-state index is 7.55. The zero-order valence-electron chi connectivity index (χ0n) is 29.0. The van der Waals surface area contributed by atoms with Crippen molar-refractivity contribution in [2.45, 2.75) is 0 Å². The van der Waals surface area contributed by atoms with Gasteiger partial charge >= 0.3 is 6.82 Å². The van der Waals surface area contributed by atoms with Gasteiger partial charge in [-0.1, -0.05) is 127 Å². The van der Waals surface area contributed by atoms with E-state index in [9.17, 15) is 0 Å². The molecule has 0 bridgehead atoms. The first-order chi connectivity index (χ1) is 26.7. The van der Waals surface area contributed by atoms with Gasteiger partial charge in [0.2, 0.25) is 0 Å². The van der Waals surface area contributed by atoms with E-state index in [1.807, 2.05) is 0 Å². The van der Waals surface area contributed by atoms with Gasteiger partial charge in [-0.25, -0.2) is 0 Å². The largest absolute Gasteiger partial charge is 0.780 e. The van der Waals surface area contributed by atoms with Crippen LogP contribution in [0.5, 0.6) is 11.5 Å². The van der Waals surface area contributed by atoms with Gasteiger partial charge in [-0.3, -0.25) is 0 Å². The molecule has 1 unspecified atom stereocenters. The normalized spacial score (nSPS) is 16.9. The third-order valence-corrected chi connectivity index (χ3v) is 12.0. The lowest BCUT2D eigenvalue weighted by Crippen LogP contribution is -2.69. The summed E-state index contributed by atoms with van der Waals surface area (Å²) < 4.78 is 19.9. The Morgan fingerprint density at radius 2 is 0.981 bits per heavy atom. The van der Waals surface area contributed by atoms with Crippen molar-refractivity contribution in [2.75, 3.05) is 0 Å². The van der Waals surface area contributed by atoms with E-state index in [1.165, 1.54) is 54.9 Å². The number of rotatable bonds is 2. The lowest BCUT2D eigenvalue weighted by Gasteiger charge is -2.47. The van der Waals surface area contributed by atoms with E-state index in [1.54, 1.807) is 0 Å². The summed E-state index contributed by atoms with van der Waals surface area (Å²) in [6.07, 6.45) is 2.37. The molecule has 4 nitrogen and oxygen atoms in total. The van der Waals surface area contributed by atoms with Crippen LogP contribution in [0, 0.1) is 0 Å². The Bertz CT molecular complexity index is 3220. The van der Waals surface area contributed by atoms with Crippen molar-refractivity contribution in [3.05, 3.63) is 192 Å². The molecule has 9 aromatic rings. The van der Waals surface area contributed by atoms with E-state index in [-0.39, 0.29) is 0 Å². The standard InChI is InChI=1S/C49H29BN2O2/c1-3-11-30(12-4-1)36-19-21-38-40(23-36)48-42-25-32-15-7-9-17-34(32)27-46(42)53-50-51(48)44(38)29-45-39-22-20-37(31-13-5-2-6-14-31)24-41(39)49(52(45)50)43-26-33-16-8-10-18-35(33)28-47(43)54-50/h1-29H. The Balaban J connectivity index is 1.18. The molecule has 1 spiro atoms. The predicted molar refractivity (Wildman–Crippen MR) is 220 cm³/mol.